The summed E-state index contributed by atoms with van der Waals surface area (Å²) in [6.45, 7) is 7.01. The van der Waals surface area contributed by atoms with Gasteiger partial charge in [0.05, 0.1) is 24.6 Å². The molecule has 5 nitrogen and oxygen atoms in total. The lowest BCUT2D eigenvalue weighted by Gasteiger charge is -2.30. The Bertz CT molecular complexity index is 816. The number of hydrogen-bond acceptors (Lipinski definition) is 4. The monoisotopic (exact) mass is 369 g/mol. The summed E-state index contributed by atoms with van der Waals surface area (Å²) in [5.41, 5.74) is 4.61. The summed E-state index contributed by atoms with van der Waals surface area (Å²) in [6.07, 6.45) is 0. The van der Waals surface area contributed by atoms with E-state index in [1.54, 1.807) is 0 Å². The number of nitrogens with one attached hydrogen (secondary N) is 2. The fourth-order valence-corrected chi connectivity index (χ4v) is 3.25. The molecule has 0 radical (unpaired) electrons. The molecular formula is C20H23N3O2S. The SMILES string of the molecule is Cc1ccc(C(=O)NC(=S)Nc2ccccc2N2CCOCC2)c(C)c1. The topological polar surface area (TPSA) is 53.6 Å². The standard InChI is InChI=1S/C20H23N3O2S/c1-14-7-8-16(15(2)13-14)19(24)22-20(26)21-17-5-3-4-6-18(17)23-9-11-25-12-10-23/h3-8,13H,9-12H2,1-2H3,(H2,21,22,24,26). The average Bonchev–Trinajstić information content (AvgIpc) is 2.62. The van der Waals surface area contributed by atoms with Crippen LogP contribution in [0.5, 0.6) is 0 Å². The van der Waals surface area contributed by atoms with Crippen LogP contribution >= 0.6 is 12.2 Å². The van der Waals surface area contributed by atoms with E-state index in [2.05, 4.69) is 15.5 Å². The molecule has 0 spiro atoms. The van der Waals surface area contributed by atoms with Crippen molar-refractivity contribution in [1.82, 2.24) is 5.32 Å². The molecule has 0 unspecified atom stereocenters. The van der Waals surface area contributed by atoms with Crippen LogP contribution in [0.15, 0.2) is 42.5 Å². The first kappa shape index (κ1) is 18.4. The predicted molar refractivity (Wildman–Crippen MR) is 109 cm³/mol. The molecule has 1 aliphatic heterocycles. The Labute approximate surface area is 159 Å². The van der Waals surface area contributed by atoms with Gasteiger partial charge in [0.2, 0.25) is 0 Å². The van der Waals surface area contributed by atoms with E-state index >= 15 is 0 Å². The molecule has 1 saturated heterocycles. The third-order valence-corrected chi connectivity index (χ3v) is 4.56. The molecule has 2 aromatic rings. The van der Waals surface area contributed by atoms with Crippen molar-refractivity contribution in [2.45, 2.75) is 13.8 Å². The highest BCUT2D eigenvalue weighted by Crippen LogP contribution is 2.26. The van der Waals surface area contributed by atoms with Gasteiger partial charge >= 0.3 is 0 Å². The summed E-state index contributed by atoms with van der Waals surface area (Å²) in [4.78, 5) is 14.7. The minimum absolute atomic E-state index is 0.205. The quantitative estimate of drug-likeness (QED) is 0.814. The van der Waals surface area contributed by atoms with Gasteiger partial charge in [-0.25, -0.2) is 0 Å². The van der Waals surface area contributed by atoms with Crippen LogP contribution in [0.1, 0.15) is 21.5 Å². The summed E-state index contributed by atoms with van der Waals surface area (Å²) in [5.74, 6) is -0.205. The number of hydrogen-bond donors (Lipinski definition) is 2. The number of nitrogens with zero attached hydrogens (tertiary/aromatic N) is 1. The first-order chi connectivity index (χ1) is 12.5. The maximum atomic E-state index is 12.5. The minimum Gasteiger partial charge on any atom is -0.378 e. The molecule has 0 atom stereocenters. The van der Waals surface area contributed by atoms with Crippen LogP contribution in [0, 0.1) is 13.8 Å². The molecule has 136 valence electrons. The van der Waals surface area contributed by atoms with Gasteiger partial charge in [-0.15, -0.1) is 0 Å². The maximum absolute atomic E-state index is 12.5. The first-order valence-corrected chi connectivity index (χ1v) is 9.07. The number of morpholine rings is 1. The molecule has 0 aliphatic carbocycles. The summed E-state index contributed by atoms with van der Waals surface area (Å²) < 4.78 is 5.42. The number of para-hydroxylation sites is 2. The van der Waals surface area contributed by atoms with Crippen molar-refractivity contribution in [2.24, 2.45) is 0 Å². The van der Waals surface area contributed by atoms with E-state index in [1.807, 2.05) is 56.3 Å². The van der Waals surface area contributed by atoms with Crippen LogP contribution in [0.3, 0.4) is 0 Å². The van der Waals surface area contributed by atoms with Crippen LogP contribution in [-0.2, 0) is 4.74 Å². The zero-order valence-corrected chi connectivity index (χ0v) is 15.9. The number of thiocarbonyl (C=S) groups is 1. The number of carbonyl (C=O) groups is 1. The van der Waals surface area contributed by atoms with Gasteiger partial charge in [-0.05, 0) is 49.8 Å². The maximum Gasteiger partial charge on any atom is 0.257 e. The molecular weight excluding hydrogens is 346 g/mol. The molecule has 1 heterocycles. The van der Waals surface area contributed by atoms with E-state index in [0.29, 0.717) is 18.8 Å². The largest absolute Gasteiger partial charge is 0.378 e. The smallest absolute Gasteiger partial charge is 0.257 e. The van der Waals surface area contributed by atoms with Gasteiger partial charge in [-0.3, -0.25) is 10.1 Å². The molecule has 2 N–H and O–H groups in total. The molecule has 26 heavy (non-hydrogen) atoms. The second-order valence-corrected chi connectivity index (χ2v) is 6.75. The molecule has 0 saturated carbocycles. The number of anilines is 2. The Hall–Kier alpha value is -2.44. The summed E-state index contributed by atoms with van der Waals surface area (Å²) in [5, 5.41) is 6.22. The molecule has 6 heteroatoms. The van der Waals surface area contributed by atoms with Crippen molar-refractivity contribution in [3.8, 4) is 0 Å². The van der Waals surface area contributed by atoms with Crippen molar-refractivity contribution < 1.29 is 9.53 Å². The summed E-state index contributed by atoms with van der Waals surface area (Å²) in [7, 11) is 0. The second-order valence-electron chi connectivity index (χ2n) is 6.34. The number of benzene rings is 2. The van der Waals surface area contributed by atoms with Crippen LogP contribution in [0.25, 0.3) is 0 Å². The van der Waals surface area contributed by atoms with Gasteiger partial charge in [0, 0.05) is 18.7 Å². The highest BCUT2D eigenvalue weighted by atomic mass is 32.1. The predicted octanol–water partition coefficient (Wildman–Crippen LogP) is 3.27. The Balaban J connectivity index is 1.69. The van der Waals surface area contributed by atoms with Crippen molar-refractivity contribution >= 4 is 34.6 Å². The lowest BCUT2D eigenvalue weighted by atomic mass is 10.1. The van der Waals surface area contributed by atoms with Gasteiger partial charge in [0.1, 0.15) is 0 Å². The number of carbonyl (C=O) groups excluding carboxylic acids is 1. The lowest BCUT2D eigenvalue weighted by Crippen LogP contribution is -2.38. The average molecular weight is 369 g/mol. The highest BCUT2D eigenvalue weighted by molar-refractivity contribution is 7.80. The lowest BCUT2D eigenvalue weighted by molar-refractivity contribution is 0.0977. The molecule has 3 rings (SSSR count). The zero-order valence-electron chi connectivity index (χ0n) is 15.0. The highest BCUT2D eigenvalue weighted by Gasteiger charge is 2.16. The summed E-state index contributed by atoms with van der Waals surface area (Å²) in [6, 6.07) is 13.7. The van der Waals surface area contributed by atoms with Gasteiger partial charge in [-0.2, -0.15) is 0 Å². The van der Waals surface area contributed by atoms with E-state index in [4.69, 9.17) is 17.0 Å². The Morgan fingerprint density at radius 1 is 1.12 bits per heavy atom. The Kier molecular flexibility index (Phi) is 5.85. The van der Waals surface area contributed by atoms with E-state index in [1.165, 1.54) is 0 Å². The molecule has 2 aromatic carbocycles. The van der Waals surface area contributed by atoms with Crippen molar-refractivity contribution in [3.63, 3.8) is 0 Å². The van der Waals surface area contributed by atoms with Gasteiger partial charge < -0.3 is 15.0 Å². The Morgan fingerprint density at radius 2 is 1.85 bits per heavy atom. The van der Waals surface area contributed by atoms with E-state index < -0.39 is 0 Å². The van der Waals surface area contributed by atoms with Crippen LogP contribution in [-0.4, -0.2) is 37.3 Å². The third-order valence-electron chi connectivity index (χ3n) is 4.36. The zero-order chi connectivity index (χ0) is 18.5. The van der Waals surface area contributed by atoms with Crippen LogP contribution < -0.4 is 15.5 Å². The number of rotatable bonds is 3. The molecule has 0 bridgehead atoms. The van der Waals surface area contributed by atoms with Crippen molar-refractivity contribution in [3.05, 3.63) is 59.2 Å². The second kappa shape index (κ2) is 8.29. The number of aryl methyl sites for hydroxylation is 2. The Morgan fingerprint density at radius 3 is 2.58 bits per heavy atom. The minimum atomic E-state index is -0.205. The number of amides is 1. The van der Waals surface area contributed by atoms with Crippen LogP contribution in [0.2, 0.25) is 0 Å². The van der Waals surface area contributed by atoms with Crippen LogP contribution in [0.4, 0.5) is 11.4 Å². The molecule has 1 fully saturated rings. The first-order valence-electron chi connectivity index (χ1n) is 8.66. The third kappa shape index (κ3) is 4.39. The van der Waals surface area contributed by atoms with E-state index in [-0.39, 0.29) is 11.0 Å². The van der Waals surface area contributed by atoms with Gasteiger partial charge in [0.25, 0.3) is 5.91 Å². The fraction of sp³-hybridized carbons (Fsp3) is 0.300. The fourth-order valence-electron chi connectivity index (χ4n) is 3.05. The summed E-state index contributed by atoms with van der Waals surface area (Å²) >= 11 is 5.36. The van der Waals surface area contributed by atoms with Gasteiger partial charge in [-0.1, -0.05) is 29.8 Å². The van der Waals surface area contributed by atoms with Crippen molar-refractivity contribution in [2.75, 3.05) is 36.5 Å². The normalized spacial score (nSPS) is 14.0. The molecule has 1 amide bonds. The molecule has 1 aliphatic rings. The number of ether oxygens (including phenoxy) is 1. The van der Waals surface area contributed by atoms with E-state index in [9.17, 15) is 4.79 Å². The molecule has 0 aromatic heterocycles. The van der Waals surface area contributed by atoms with Gasteiger partial charge in [0.15, 0.2) is 5.11 Å². The van der Waals surface area contributed by atoms with Crippen molar-refractivity contribution in [1.29, 1.82) is 0 Å². The van der Waals surface area contributed by atoms with E-state index in [0.717, 1.165) is 35.6 Å².